The number of ether oxygens (including phenoxy) is 1. The number of rotatable bonds is 10. The third kappa shape index (κ3) is 7.21. The molecule has 0 amide bonds. The molecule has 0 fully saturated rings. The Bertz CT molecular complexity index is 1540. The minimum Gasteiger partial charge on any atom is -0.438 e. The van der Waals surface area contributed by atoms with Crippen molar-refractivity contribution in [2.75, 3.05) is 13.2 Å². The summed E-state index contributed by atoms with van der Waals surface area (Å²) in [6, 6.07) is 14.5. The van der Waals surface area contributed by atoms with Gasteiger partial charge in [0.05, 0.1) is 34.8 Å². The number of aliphatic hydroxyl groups excluding tert-OH is 2. The van der Waals surface area contributed by atoms with E-state index in [4.69, 9.17) is 25.4 Å². The summed E-state index contributed by atoms with van der Waals surface area (Å²) >= 11 is 6.45. The number of aromatic nitrogens is 3. The molecule has 212 valence electrons. The van der Waals surface area contributed by atoms with Crippen LogP contribution in [0.3, 0.4) is 0 Å². The van der Waals surface area contributed by atoms with Gasteiger partial charge in [-0.2, -0.15) is 4.98 Å². The van der Waals surface area contributed by atoms with E-state index in [9.17, 15) is 19.7 Å². The van der Waals surface area contributed by atoms with Crippen molar-refractivity contribution in [3.05, 3.63) is 76.7 Å². The van der Waals surface area contributed by atoms with E-state index in [2.05, 4.69) is 35.7 Å². The Morgan fingerprint density at radius 2 is 1.77 bits per heavy atom. The van der Waals surface area contributed by atoms with E-state index in [0.717, 1.165) is 5.56 Å². The van der Waals surface area contributed by atoms with Crippen molar-refractivity contribution >= 4 is 30.3 Å². The van der Waals surface area contributed by atoms with Crippen molar-refractivity contribution < 1.29 is 33.5 Å². The third-order valence-electron chi connectivity index (χ3n) is 5.99. The molecule has 2 aromatic carbocycles. The van der Waals surface area contributed by atoms with Crippen molar-refractivity contribution in [2.24, 2.45) is 0 Å². The van der Waals surface area contributed by atoms with Crippen LogP contribution in [0.15, 0.2) is 54.7 Å². The summed E-state index contributed by atoms with van der Waals surface area (Å²) in [7, 11) is -4.29. The van der Waals surface area contributed by atoms with E-state index in [1.807, 2.05) is 24.3 Å². The van der Waals surface area contributed by atoms with Crippen molar-refractivity contribution in [2.45, 2.75) is 45.8 Å². The molecule has 0 spiro atoms. The lowest BCUT2D eigenvalue weighted by atomic mass is 9.87. The molecule has 0 radical (unpaired) electrons. The maximum Gasteiger partial charge on any atom is 0.472 e. The lowest BCUT2D eigenvalue weighted by Crippen LogP contribution is -2.10. The molecular formula is C28H31ClN3O7P. The Hall–Kier alpha value is -2.95. The van der Waals surface area contributed by atoms with Crippen LogP contribution in [0.1, 0.15) is 50.8 Å². The second-order valence-corrected chi connectivity index (χ2v) is 11.9. The number of halogens is 1. The van der Waals surface area contributed by atoms with Gasteiger partial charge in [-0.05, 0) is 48.2 Å². The maximum absolute atomic E-state index is 12.1. The molecule has 0 aliphatic carbocycles. The van der Waals surface area contributed by atoms with Gasteiger partial charge in [-0.25, -0.2) is 9.55 Å². The summed E-state index contributed by atoms with van der Waals surface area (Å²) in [6.07, 6.45) is 0.343. The van der Waals surface area contributed by atoms with Crippen LogP contribution >= 0.6 is 19.4 Å². The van der Waals surface area contributed by atoms with Crippen LogP contribution in [-0.2, 0) is 25.6 Å². The molecule has 1 unspecified atom stereocenters. The lowest BCUT2D eigenvalue weighted by Gasteiger charge is -2.19. The molecule has 0 aliphatic rings. The van der Waals surface area contributed by atoms with E-state index < -0.39 is 27.1 Å². The number of nitrogens with zero attached hydrogens (tertiary/aromatic N) is 3. The molecule has 2 aromatic heterocycles. The Morgan fingerprint density at radius 3 is 2.40 bits per heavy atom. The first-order valence-electron chi connectivity index (χ1n) is 12.6. The van der Waals surface area contributed by atoms with Crippen LogP contribution in [0, 0.1) is 0 Å². The van der Waals surface area contributed by atoms with Gasteiger partial charge in [-0.1, -0.05) is 50.6 Å². The average Bonchev–Trinajstić information content (AvgIpc) is 2.91. The minimum absolute atomic E-state index is 0.00345. The first kappa shape index (κ1) is 30.0. The first-order chi connectivity index (χ1) is 18.9. The number of fused-ring (bicyclic) bond motifs is 1. The predicted octanol–water partition coefficient (Wildman–Crippen LogP) is 6.11. The van der Waals surface area contributed by atoms with Crippen molar-refractivity contribution in [1.29, 1.82) is 0 Å². The largest absolute Gasteiger partial charge is 0.472 e. The van der Waals surface area contributed by atoms with Gasteiger partial charge in [-0.3, -0.25) is 14.0 Å². The van der Waals surface area contributed by atoms with Gasteiger partial charge in [0.25, 0.3) is 0 Å². The fraction of sp³-hybridized carbons (Fsp3) is 0.321. The standard InChI is InChI=1S/C28H31ClN3O7P/c1-5-37-40(35,36)38-16-25-31-23-13-17(26-22(29)12-18(14-30-26)24(34)15-33)6-11-21(23)27(32-25)39-20-9-7-19(8-10-20)28(2,3)4/h6-14,24,33-34H,5,15-16H2,1-4H3,(H,35,36)/t24-/m1/s1. The molecule has 10 nitrogen and oxygen atoms in total. The van der Waals surface area contributed by atoms with Crippen LogP contribution in [0.4, 0.5) is 0 Å². The van der Waals surface area contributed by atoms with E-state index in [1.54, 1.807) is 25.1 Å². The minimum atomic E-state index is -4.29. The average molecular weight is 588 g/mol. The van der Waals surface area contributed by atoms with Gasteiger partial charge in [0.15, 0.2) is 5.82 Å². The number of benzene rings is 2. The number of phosphoric ester groups is 1. The van der Waals surface area contributed by atoms with Crippen molar-refractivity contribution in [3.8, 4) is 22.9 Å². The van der Waals surface area contributed by atoms with Gasteiger partial charge in [-0.15, -0.1) is 0 Å². The zero-order valence-corrected chi connectivity index (χ0v) is 24.2. The molecular weight excluding hydrogens is 557 g/mol. The molecule has 40 heavy (non-hydrogen) atoms. The van der Waals surface area contributed by atoms with Crippen LogP contribution in [0.25, 0.3) is 22.2 Å². The molecule has 0 aliphatic heterocycles. The van der Waals surface area contributed by atoms with E-state index in [-0.39, 0.29) is 28.7 Å². The highest BCUT2D eigenvalue weighted by Crippen LogP contribution is 2.44. The van der Waals surface area contributed by atoms with Crippen LogP contribution in [-0.4, -0.2) is 43.3 Å². The first-order valence-corrected chi connectivity index (χ1v) is 14.4. The van der Waals surface area contributed by atoms with Crippen molar-refractivity contribution in [3.63, 3.8) is 0 Å². The third-order valence-corrected chi connectivity index (χ3v) is 7.31. The van der Waals surface area contributed by atoms with Gasteiger partial charge in [0.1, 0.15) is 18.5 Å². The predicted molar refractivity (Wildman–Crippen MR) is 151 cm³/mol. The quantitative estimate of drug-likeness (QED) is 0.186. The monoisotopic (exact) mass is 587 g/mol. The van der Waals surface area contributed by atoms with Crippen LogP contribution < -0.4 is 4.74 Å². The van der Waals surface area contributed by atoms with E-state index >= 15 is 0 Å². The lowest BCUT2D eigenvalue weighted by molar-refractivity contribution is 0.0954. The second kappa shape index (κ2) is 12.3. The smallest absolute Gasteiger partial charge is 0.438 e. The summed E-state index contributed by atoms with van der Waals surface area (Å²) in [4.78, 5) is 23.2. The number of phosphoric acid groups is 1. The van der Waals surface area contributed by atoms with Gasteiger partial charge >= 0.3 is 7.82 Å². The normalized spacial score (nSPS) is 14.2. The molecule has 3 N–H and O–H groups in total. The van der Waals surface area contributed by atoms with Crippen molar-refractivity contribution in [1.82, 2.24) is 15.0 Å². The highest BCUT2D eigenvalue weighted by molar-refractivity contribution is 7.47. The molecule has 0 bridgehead atoms. The molecule has 0 saturated carbocycles. The molecule has 4 aromatic rings. The summed E-state index contributed by atoms with van der Waals surface area (Å²) < 4.78 is 28.1. The Kier molecular flexibility index (Phi) is 9.22. The zero-order chi connectivity index (χ0) is 29.1. The number of pyridine rings is 1. The molecule has 4 rings (SSSR count). The Morgan fingerprint density at radius 1 is 1.05 bits per heavy atom. The number of aliphatic hydroxyl groups is 2. The maximum atomic E-state index is 12.1. The van der Waals surface area contributed by atoms with Gasteiger partial charge in [0, 0.05) is 17.3 Å². The van der Waals surface area contributed by atoms with E-state index in [1.165, 1.54) is 12.3 Å². The van der Waals surface area contributed by atoms with Crippen LogP contribution in [0.5, 0.6) is 11.6 Å². The molecule has 0 saturated heterocycles. The second-order valence-electron chi connectivity index (χ2n) is 10.0. The molecule has 12 heteroatoms. The highest BCUT2D eigenvalue weighted by atomic mass is 35.5. The van der Waals surface area contributed by atoms with Crippen LogP contribution in [0.2, 0.25) is 5.02 Å². The van der Waals surface area contributed by atoms with Gasteiger partial charge < -0.3 is 19.8 Å². The number of hydrogen-bond acceptors (Lipinski definition) is 9. The Balaban J connectivity index is 1.75. The topological polar surface area (TPSA) is 144 Å². The van der Waals surface area contributed by atoms with E-state index in [0.29, 0.717) is 33.5 Å². The zero-order valence-electron chi connectivity index (χ0n) is 22.5. The molecule has 2 atom stereocenters. The number of hydrogen-bond donors (Lipinski definition) is 3. The summed E-state index contributed by atoms with van der Waals surface area (Å²) in [5.41, 5.74) is 3.01. The Labute approximate surface area is 237 Å². The summed E-state index contributed by atoms with van der Waals surface area (Å²) in [6.45, 7) is 7.08. The fourth-order valence-electron chi connectivity index (χ4n) is 3.86. The highest BCUT2D eigenvalue weighted by Gasteiger charge is 2.22. The SMILES string of the molecule is CCOP(=O)(O)OCc1nc(Oc2ccc(C(C)(C)C)cc2)c2ccc(-c3ncc([C@H](O)CO)cc3Cl)cc2n1. The molecule has 2 heterocycles. The fourth-order valence-corrected chi connectivity index (χ4v) is 4.83. The summed E-state index contributed by atoms with van der Waals surface area (Å²) in [5.74, 6) is 0.873. The van der Waals surface area contributed by atoms with Gasteiger partial charge in [0.2, 0.25) is 5.88 Å². The summed E-state index contributed by atoms with van der Waals surface area (Å²) in [5, 5.41) is 20.0.